The zero-order chi connectivity index (χ0) is 21.8. The molecule has 0 saturated heterocycles. The van der Waals surface area contributed by atoms with Crippen LogP contribution in [0.25, 0.3) is 0 Å². The Bertz CT molecular complexity index is 909. The molecule has 0 radical (unpaired) electrons. The molecular weight excluding hydrogens is 388 g/mol. The van der Waals surface area contributed by atoms with E-state index in [1.54, 1.807) is 0 Å². The number of amides is 2. The van der Waals surface area contributed by atoms with E-state index in [-0.39, 0.29) is 12.1 Å². The van der Waals surface area contributed by atoms with Crippen molar-refractivity contribution in [2.45, 2.75) is 71.9 Å². The average Bonchev–Trinajstić information content (AvgIpc) is 3.04. The number of nitrogens with zero attached hydrogens (tertiary/aromatic N) is 1. The number of hydrogen-bond donors (Lipinski definition) is 1. The van der Waals surface area contributed by atoms with Gasteiger partial charge in [0.1, 0.15) is 13.2 Å². The first-order valence-corrected chi connectivity index (χ1v) is 11.6. The maximum atomic E-state index is 13.6. The van der Waals surface area contributed by atoms with Crippen LogP contribution in [0.15, 0.2) is 30.3 Å². The van der Waals surface area contributed by atoms with Crippen LogP contribution in [0.1, 0.15) is 60.8 Å². The molecule has 0 bridgehead atoms. The highest BCUT2D eigenvalue weighted by Gasteiger charge is 2.28. The number of aryl methyl sites for hydroxylation is 3. The second-order valence-electron chi connectivity index (χ2n) is 8.92. The van der Waals surface area contributed by atoms with E-state index in [2.05, 4.69) is 38.2 Å². The third-order valence-corrected chi connectivity index (χ3v) is 6.42. The van der Waals surface area contributed by atoms with Gasteiger partial charge in [0.2, 0.25) is 0 Å². The molecule has 0 aromatic heterocycles. The Morgan fingerprint density at radius 2 is 1.68 bits per heavy atom. The number of ether oxygens (including phenoxy) is 2. The Hall–Kier alpha value is -2.69. The van der Waals surface area contributed by atoms with Gasteiger partial charge in [-0.15, -0.1) is 0 Å². The summed E-state index contributed by atoms with van der Waals surface area (Å²) in [7, 11) is 0. The zero-order valence-electron chi connectivity index (χ0n) is 19.0. The normalized spacial score (nSPS) is 16.5. The Morgan fingerprint density at radius 3 is 2.39 bits per heavy atom. The minimum Gasteiger partial charge on any atom is -0.486 e. The summed E-state index contributed by atoms with van der Waals surface area (Å²) in [5, 5.41) is 3.24. The van der Waals surface area contributed by atoms with E-state index in [0.29, 0.717) is 19.8 Å². The van der Waals surface area contributed by atoms with Gasteiger partial charge in [-0.2, -0.15) is 0 Å². The molecule has 1 aliphatic carbocycles. The highest BCUT2D eigenvalue weighted by molar-refractivity contribution is 5.91. The van der Waals surface area contributed by atoms with Gasteiger partial charge >= 0.3 is 6.03 Å². The van der Waals surface area contributed by atoms with E-state index >= 15 is 0 Å². The number of para-hydroxylation sites is 1. The van der Waals surface area contributed by atoms with Gasteiger partial charge in [-0.05, 0) is 50.8 Å². The lowest BCUT2D eigenvalue weighted by atomic mass is 10.0. The number of hydrogen-bond acceptors (Lipinski definition) is 3. The van der Waals surface area contributed by atoms with E-state index in [1.807, 2.05) is 23.1 Å². The molecule has 0 unspecified atom stereocenters. The first-order valence-electron chi connectivity index (χ1n) is 11.6. The van der Waals surface area contributed by atoms with E-state index in [1.165, 1.54) is 31.2 Å². The van der Waals surface area contributed by atoms with Crippen LogP contribution in [0.2, 0.25) is 0 Å². The van der Waals surface area contributed by atoms with Gasteiger partial charge in [0.05, 0.1) is 6.54 Å². The van der Waals surface area contributed by atoms with Crippen LogP contribution in [0.3, 0.4) is 0 Å². The van der Waals surface area contributed by atoms with E-state index in [9.17, 15) is 4.79 Å². The largest absolute Gasteiger partial charge is 0.486 e. The molecule has 0 atom stereocenters. The van der Waals surface area contributed by atoms with Gasteiger partial charge < -0.3 is 19.7 Å². The molecule has 1 fully saturated rings. The molecule has 166 valence electrons. The number of benzene rings is 2. The second-order valence-corrected chi connectivity index (χ2v) is 8.92. The van der Waals surface area contributed by atoms with Gasteiger partial charge in [0.15, 0.2) is 11.5 Å². The van der Waals surface area contributed by atoms with Crippen LogP contribution < -0.4 is 14.8 Å². The molecule has 1 aliphatic heterocycles. The maximum Gasteiger partial charge on any atom is 0.322 e. The minimum absolute atomic E-state index is 0.0312. The minimum atomic E-state index is -0.0312. The van der Waals surface area contributed by atoms with Crippen LogP contribution in [0.5, 0.6) is 11.5 Å². The van der Waals surface area contributed by atoms with Gasteiger partial charge in [-0.25, -0.2) is 4.79 Å². The molecule has 4 rings (SSSR count). The number of nitrogens with one attached hydrogen (secondary N) is 1. The molecule has 2 amide bonds. The summed E-state index contributed by atoms with van der Waals surface area (Å²) in [6.45, 7) is 7.84. The van der Waals surface area contributed by atoms with Gasteiger partial charge in [-0.1, -0.05) is 55.5 Å². The summed E-state index contributed by atoms with van der Waals surface area (Å²) in [5.41, 5.74) is 5.33. The van der Waals surface area contributed by atoms with Crippen molar-refractivity contribution in [3.8, 4) is 11.5 Å². The Balaban J connectivity index is 1.62. The summed E-state index contributed by atoms with van der Waals surface area (Å²) in [5.74, 6) is 1.55. The monoisotopic (exact) mass is 422 g/mol. The maximum absolute atomic E-state index is 13.6. The van der Waals surface area contributed by atoms with Crippen molar-refractivity contribution in [1.82, 2.24) is 4.90 Å². The summed E-state index contributed by atoms with van der Waals surface area (Å²) >= 11 is 0. The molecule has 1 heterocycles. The first kappa shape index (κ1) is 21.5. The van der Waals surface area contributed by atoms with Crippen LogP contribution in [0, 0.1) is 20.8 Å². The molecule has 1 N–H and O–H groups in total. The fourth-order valence-corrected chi connectivity index (χ4v) is 4.93. The predicted octanol–water partition coefficient (Wildman–Crippen LogP) is 6.14. The molecule has 31 heavy (non-hydrogen) atoms. The van der Waals surface area contributed by atoms with E-state index in [4.69, 9.17) is 9.47 Å². The van der Waals surface area contributed by atoms with Gasteiger partial charge in [-0.3, -0.25) is 0 Å². The van der Waals surface area contributed by atoms with E-state index < -0.39 is 0 Å². The topological polar surface area (TPSA) is 50.8 Å². The van der Waals surface area contributed by atoms with Crippen LogP contribution >= 0.6 is 0 Å². The average molecular weight is 423 g/mol. The fraction of sp³-hybridized carbons (Fsp3) is 0.500. The van der Waals surface area contributed by atoms with Crippen molar-refractivity contribution in [2.24, 2.45) is 0 Å². The number of fused-ring (bicyclic) bond motifs is 1. The third-order valence-electron chi connectivity index (χ3n) is 6.42. The number of anilines is 1. The van der Waals surface area contributed by atoms with E-state index in [0.717, 1.165) is 46.7 Å². The van der Waals surface area contributed by atoms with Crippen LogP contribution in [0.4, 0.5) is 10.5 Å². The van der Waals surface area contributed by atoms with Crippen molar-refractivity contribution < 1.29 is 14.3 Å². The summed E-state index contributed by atoms with van der Waals surface area (Å²) in [6.07, 6.45) is 6.93. The quantitative estimate of drug-likeness (QED) is 0.602. The number of urea groups is 1. The molecule has 5 nitrogen and oxygen atoms in total. The van der Waals surface area contributed by atoms with Gasteiger partial charge in [0, 0.05) is 17.3 Å². The molecule has 2 aliphatic rings. The SMILES string of the molecule is Cc1cc(C)c(NC(=O)N(Cc2cccc3c2OCCO3)C2CCCCCC2)c(C)c1. The zero-order valence-corrected chi connectivity index (χ0v) is 19.0. The smallest absolute Gasteiger partial charge is 0.322 e. The Labute approximate surface area is 185 Å². The van der Waals surface area contributed by atoms with Gasteiger partial charge in [0.25, 0.3) is 0 Å². The first-order chi connectivity index (χ1) is 15.0. The lowest BCUT2D eigenvalue weighted by molar-refractivity contribution is 0.159. The van der Waals surface area contributed by atoms with Crippen molar-refractivity contribution in [3.05, 3.63) is 52.6 Å². The number of carbonyl (C=O) groups excluding carboxylic acids is 1. The lowest BCUT2D eigenvalue weighted by Gasteiger charge is -2.33. The van der Waals surface area contributed by atoms with Crippen LogP contribution in [-0.4, -0.2) is 30.2 Å². The fourth-order valence-electron chi connectivity index (χ4n) is 4.93. The standard InChI is InChI=1S/C26H34N2O3/c1-18-15-19(2)24(20(3)16-18)27-26(29)28(22-10-6-4-5-7-11-22)17-21-9-8-12-23-25(21)31-14-13-30-23/h8-9,12,15-16,22H,4-7,10-11,13-14,17H2,1-3H3,(H,27,29). The molecule has 0 spiro atoms. The Morgan fingerprint density at radius 1 is 1.00 bits per heavy atom. The van der Waals surface area contributed by atoms with Crippen molar-refractivity contribution >= 4 is 11.7 Å². The molecule has 2 aromatic rings. The molecule has 5 heteroatoms. The predicted molar refractivity (Wildman–Crippen MR) is 124 cm³/mol. The molecule has 1 saturated carbocycles. The summed E-state index contributed by atoms with van der Waals surface area (Å²) in [4.78, 5) is 15.7. The Kier molecular flexibility index (Phi) is 6.69. The highest BCUT2D eigenvalue weighted by Crippen LogP contribution is 2.35. The van der Waals surface area contributed by atoms with Crippen molar-refractivity contribution in [1.29, 1.82) is 0 Å². The lowest BCUT2D eigenvalue weighted by Crippen LogP contribution is -2.42. The van der Waals surface area contributed by atoms with Crippen molar-refractivity contribution in [2.75, 3.05) is 18.5 Å². The highest BCUT2D eigenvalue weighted by atomic mass is 16.6. The number of carbonyl (C=O) groups is 1. The third kappa shape index (κ3) is 4.97. The second kappa shape index (κ2) is 9.63. The molecular formula is C26H34N2O3. The summed E-state index contributed by atoms with van der Waals surface area (Å²) in [6, 6.07) is 10.4. The number of rotatable bonds is 4. The summed E-state index contributed by atoms with van der Waals surface area (Å²) < 4.78 is 11.7. The van der Waals surface area contributed by atoms with Crippen LogP contribution in [-0.2, 0) is 6.54 Å². The molecule has 2 aromatic carbocycles. The van der Waals surface area contributed by atoms with Crippen molar-refractivity contribution in [3.63, 3.8) is 0 Å².